The lowest BCUT2D eigenvalue weighted by molar-refractivity contribution is -0.297. The van der Waals surface area contributed by atoms with Gasteiger partial charge in [-0.1, -0.05) is 26.3 Å². The molecule has 3 saturated heterocycles. The van der Waals surface area contributed by atoms with Gasteiger partial charge in [-0.25, -0.2) is 14.4 Å². The molecule has 0 aromatic carbocycles. The largest absolute Gasteiger partial charge is 0.467 e. The van der Waals surface area contributed by atoms with Crippen LogP contribution in [-0.4, -0.2) is 148 Å². The highest BCUT2D eigenvalue weighted by molar-refractivity contribution is 6.00. The van der Waals surface area contributed by atoms with Crippen molar-refractivity contribution in [3.63, 3.8) is 0 Å². The summed E-state index contributed by atoms with van der Waals surface area (Å²) in [6.45, 7) is 6.55. The molecule has 54 heavy (non-hydrogen) atoms. The van der Waals surface area contributed by atoms with E-state index in [-0.39, 0.29) is 18.8 Å². The highest BCUT2D eigenvalue weighted by Gasteiger charge is 2.86. The summed E-state index contributed by atoms with van der Waals surface area (Å²) in [6, 6.07) is 0. The van der Waals surface area contributed by atoms with Gasteiger partial charge in [0, 0.05) is 35.7 Å². The Bertz CT molecular complexity index is 1620. The summed E-state index contributed by atoms with van der Waals surface area (Å²) < 4.78 is 39.4. The summed E-state index contributed by atoms with van der Waals surface area (Å²) >= 11 is 0. The molecule has 2 bridgehead atoms. The molecule has 17 atom stereocenters. The van der Waals surface area contributed by atoms with Crippen molar-refractivity contribution in [2.45, 2.75) is 102 Å². The van der Waals surface area contributed by atoms with Crippen LogP contribution in [0.4, 0.5) is 0 Å². The van der Waals surface area contributed by atoms with E-state index in [1.807, 2.05) is 0 Å². The summed E-state index contributed by atoms with van der Waals surface area (Å²) in [5.41, 5.74) is -5.34. The van der Waals surface area contributed by atoms with E-state index in [0.29, 0.717) is 5.57 Å². The van der Waals surface area contributed by atoms with Crippen molar-refractivity contribution in [1.82, 2.24) is 0 Å². The van der Waals surface area contributed by atoms with Gasteiger partial charge in [0.05, 0.1) is 39.0 Å². The van der Waals surface area contributed by atoms with Crippen LogP contribution in [0.5, 0.6) is 0 Å². The molecule has 300 valence electrons. The first-order valence-electron chi connectivity index (χ1n) is 17.9. The van der Waals surface area contributed by atoms with E-state index in [4.69, 9.17) is 33.2 Å². The normalized spacial score (nSPS) is 45.9. The smallest absolute Gasteiger partial charge is 0.348 e. The van der Waals surface area contributed by atoms with Crippen LogP contribution >= 0.6 is 0 Å². The quantitative estimate of drug-likeness (QED) is 0.0826. The van der Waals surface area contributed by atoms with E-state index in [9.17, 15) is 54.6 Å². The molecule has 3 aliphatic carbocycles. The molecule has 0 radical (unpaired) electrons. The van der Waals surface area contributed by atoms with Crippen molar-refractivity contribution in [2.24, 2.45) is 40.4 Å². The summed E-state index contributed by atoms with van der Waals surface area (Å²) in [7, 11) is 1.02. The third-order valence-corrected chi connectivity index (χ3v) is 12.8. The number of allylic oxidation sites excluding steroid dienone is 2. The van der Waals surface area contributed by atoms with Gasteiger partial charge in [0.15, 0.2) is 5.76 Å². The van der Waals surface area contributed by atoms with Gasteiger partial charge < -0.3 is 63.8 Å². The minimum Gasteiger partial charge on any atom is -0.467 e. The Balaban J connectivity index is 1.41. The third-order valence-electron chi connectivity index (χ3n) is 12.8. The Kier molecular flexibility index (Phi) is 10.6. The number of hydrogen-bond donors (Lipinski definition) is 6. The Hall–Kier alpha value is -3.49. The van der Waals surface area contributed by atoms with Gasteiger partial charge in [0.25, 0.3) is 0 Å². The van der Waals surface area contributed by atoms with E-state index in [1.54, 1.807) is 27.7 Å². The predicted octanol–water partition coefficient (Wildman–Crippen LogP) is -2.19. The first-order valence-corrected chi connectivity index (χ1v) is 17.9. The molecule has 1 spiro atoms. The number of carbonyl (C=O) groups is 5. The molecule has 3 heterocycles. The number of ketones is 1. The number of rotatable bonds is 9. The number of aliphatic hydroxyl groups excluding tert-OH is 6. The van der Waals surface area contributed by atoms with Gasteiger partial charge in [0.1, 0.15) is 36.6 Å². The lowest BCUT2D eigenvalue weighted by Crippen LogP contribution is -2.80. The van der Waals surface area contributed by atoms with Crippen LogP contribution in [-0.2, 0) is 57.1 Å². The van der Waals surface area contributed by atoms with Gasteiger partial charge >= 0.3 is 23.9 Å². The molecule has 0 unspecified atom stereocenters. The van der Waals surface area contributed by atoms with E-state index < -0.39 is 144 Å². The van der Waals surface area contributed by atoms with Crippen molar-refractivity contribution in [1.29, 1.82) is 0 Å². The predicted molar refractivity (Wildman–Crippen MR) is 175 cm³/mol. The zero-order chi connectivity index (χ0) is 39.8. The molecule has 5 fully saturated rings. The second kappa shape index (κ2) is 14.2. The molecule has 0 aromatic heterocycles. The molecule has 0 aromatic rings. The number of ether oxygens (including phenoxy) is 7. The van der Waals surface area contributed by atoms with E-state index in [2.05, 4.69) is 0 Å². The number of carbonyl (C=O) groups excluding carboxylic acids is 5. The van der Waals surface area contributed by atoms with Crippen LogP contribution in [0.15, 0.2) is 23.5 Å². The van der Waals surface area contributed by atoms with Crippen molar-refractivity contribution >= 4 is 29.7 Å². The Labute approximate surface area is 309 Å². The number of esters is 4. The number of fused-ring (bicyclic) bond motifs is 2. The van der Waals surface area contributed by atoms with Crippen LogP contribution in [0.25, 0.3) is 0 Å². The first kappa shape index (κ1) is 40.2. The molecule has 0 amide bonds. The topological polar surface area (TPSA) is 271 Å². The second-order valence-electron chi connectivity index (χ2n) is 15.6. The Morgan fingerprint density at radius 2 is 1.72 bits per heavy atom. The Morgan fingerprint density at radius 1 is 1.04 bits per heavy atom. The highest BCUT2D eigenvalue weighted by Crippen LogP contribution is 2.72. The summed E-state index contributed by atoms with van der Waals surface area (Å²) in [5, 5.41) is 65.1. The van der Waals surface area contributed by atoms with Gasteiger partial charge in [-0.15, -0.1) is 0 Å². The SMILES string of the molecule is COC(=O)[C@@]12OC[C@@]34[C@@H](C[C@@H]5[C@H](C)C=C(O[C@@H]6O[C@@H](CO)[C@@H](O)[C@H](O)[C@H]6O)C(=O)[C@]5(C)[C@@H]3[C@@H](O)[C@@H]1O)OC(=O)[C@H](OC(=O)/C=C(\C)[C@H](C)COC(C)=O)[C@@H]24. The first-order chi connectivity index (χ1) is 25.3. The third kappa shape index (κ3) is 5.71. The maximum Gasteiger partial charge on any atom is 0.348 e. The average Bonchev–Trinajstić information content (AvgIpc) is 3.43. The van der Waals surface area contributed by atoms with Gasteiger partial charge in [0.2, 0.25) is 23.8 Å². The number of methoxy groups -OCH3 is 1. The van der Waals surface area contributed by atoms with E-state index >= 15 is 0 Å². The standard InChI is InChI=1S/C36H48O18/c1-13(15(3)11-49-16(4)38)8-21(39)54-26-28-35-12-50-36(28,33(47)48-6)30(45)25(43)27(35)34(5)17(9-20(35)53-31(26)46)14(2)7-18(29(34)44)51-32-24(42)23(41)22(40)19(10-37)52-32/h7-8,14-15,17,19-20,22-28,30,32,37,40-43,45H,9-12H2,1-6H3/b13-8+/t14-,15-,17-,19+,20-,22-,23+,24-,25-,26-,27+,28-,30+,32-,34+,35-,36+/m1/s1. The van der Waals surface area contributed by atoms with E-state index in [1.165, 1.54) is 13.0 Å². The van der Waals surface area contributed by atoms with Crippen LogP contribution in [0.1, 0.15) is 41.0 Å². The number of aliphatic hydroxyl groups is 6. The van der Waals surface area contributed by atoms with Crippen molar-refractivity contribution in [3.05, 3.63) is 23.5 Å². The fraction of sp³-hybridized carbons (Fsp3) is 0.750. The highest BCUT2D eigenvalue weighted by atomic mass is 16.7. The minimum absolute atomic E-state index is 0.00272. The Morgan fingerprint density at radius 3 is 2.35 bits per heavy atom. The zero-order valence-corrected chi connectivity index (χ0v) is 30.6. The van der Waals surface area contributed by atoms with Crippen LogP contribution < -0.4 is 0 Å². The molecule has 2 saturated carbocycles. The second-order valence-corrected chi connectivity index (χ2v) is 15.6. The summed E-state index contributed by atoms with van der Waals surface area (Å²) in [4.78, 5) is 67.2. The van der Waals surface area contributed by atoms with Crippen molar-refractivity contribution in [3.8, 4) is 0 Å². The molecule has 18 nitrogen and oxygen atoms in total. The van der Waals surface area contributed by atoms with Crippen molar-refractivity contribution < 1.29 is 87.8 Å². The maximum atomic E-state index is 14.8. The summed E-state index contributed by atoms with van der Waals surface area (Å²) in [6.07, 6.45) is -12.9. The summed E-state index contributed by atoms with van der Waals surface area (Å²) in [5.74, 6) is -9.39. The fourth-order valence-electron chi connectivity index (χ4n) is 10.1. The molecular weight excluding hydrogens is 720 g/mol. The molecule has 6 aliphatic rings. The van der Waals surface area contributed by atoms with Crippen LogP contribution in [0.3, 0.4) is 0 Å². The van der Waals surface area contributed by atoms with Gasteiger partial charge in [-0.3, -0.25) is 9.59 Å². The lowest BCUT2D eigenvalue weighted by Gasteiger charge is -2.67. The van der Waals surface area contributed by atoms with Crippen LogP contribution in [0.2, 0.25) is 0 Å². The monoisotopic (exact) mass is 768 g/mol. The molecule has 18 heteroatoms. The minimum atomic E-state index is -2.45. The lowest BCUT2D eigenvalue weighted by atomic mass is 9.37. The molecule has 6 N–H and O–H groups in total. The van der Waals surface area contributed by atoms with Crippen molar-refractivity contribution in [2.75, 3.05) is 26.9 Å². The zero-order valence-electron chi connectivity index (χ0n) is 30.6. The number of Topliss-reactive ketones (excluding diaryl/α,β-unsaturated/α-hetero) is 1. The van der Waals surface area contributed by atoms with Crippen LogP contribution in [0, 0.1) is 40.4 Å². The number of hydrogen-bond acceptors (Lipinski definition) is 18. The van der Waals surface area contributed by atoms with Gasteiger partial charge in [-0.2, -0.15) is 0 Å². The molecule has 3 aliphatic heterocycles. The fourth-order valence-corrected chi connectivity index (χ4v) is 10.1. The van der Waals surface area contributed by atoms with E-state index in [0.717, 1.165) is 13.2 Å². The molecular formula is C36H48O18. The average molecular weight is 769 g/mol. The van der Waals surface area contributed by atoms with Gasteiger partial charge in [-0.05, 0) is 31.3 Å². The maximum absolute atomic E-state index is 14.8. The molecule has 6 rings (SSSR count).